The molecule has 22 heavy (non-hydrogen) atoms. The molecule has 0 spiro atoms. The number of carboxylic acids is 1. The van der Waals surface area contributed by atoms with Crippen LogP contribution in [-0.2, 0) is 19.1 Å². The zero-order valence-corrected chi connectivity index (χ0v) is 14.0. The van der Waals surface area contributed by atoms with Gasteiger partial charge in [-0.1, -0.05) is 13.8 Å². The fourth-order valence-corrected chi connectivity index (χ4v) is 1.46. The van der Waals surface area contributed by atoms with Crippen molar-refractivity contribution in [3.8, 4) is 0 Å². The molecule has 0 fully saturated rings. The minimum Gasteiger partial charge on any atom is -0.481 e. The third-order valence-corrected chi connectivity index (χ3v) is 2.56. The Bertz CT molecular complexity index is 386. The van der Waals surface area contributed by atoms with E-state index < -0.39 is 29.7 Å². The van der Waals surface area contributed by atoms with Crippen LogP contribution in [0, 0.1) is 5.92 Å². The molecule has 7 heteroatoms. The van der Waals surface area contributed by atoms with Crippen molar-refractivity contribution in [1.82, 2.24) is 5.32 Å². The lowest BCUT2D eigenvalue weighted by atomic mass is 10.1. The summed E-state index contributed by atoms with van der Waals surface area (Å²) >= 11 is 0. The molecule has 0 bridgehead atoms. The topological polar surface area (TPSA) is 102 Å². The summed E-state index contributed by atoms with van der Waals surface area (Å²) in [6, 6.07) is -1.03. The van der Waals surface area contributed by atoms with E-state index in [-0.39, 0.29) is 19.4 Å². The molecular formula is C15H27NO6. The fraction of sp³-hybridized carbons (Fsp3) is 0.800. The van der Waals surface area contributed by atoms with Crippen LogP contribution in [0.5, 0.6) is 0 Å². The van der Waals surface area contributed by atoms with E-state index in [9.17, 15) is 14.4 Å². The standard InChI is InChI=1S/C15H27NO6/c1-10(2)8-9-21-13(19)11(6-7-12(17)18)16-14(20)22-15(3,4)5/h10-11H,6-9H2,1-5H3,(H,16,20)(H,17,18)/t11-/m1/s1. The summed E-state index contributed by atoms with van der Waals surface area (Å²) in [6.07, 6.45) is -0.373. The second-order valence-electron chi connectivity index (χ2n) is 6.48. The number of hydrogen-bond acceptors (Lipinski definition) is 5. The van der Waals surface area contributed by atoms with Gasteiger partial charge in [0, 0.05) is 6.42 Å². The van der Waals surface area contributed by atoms with Gasteiger partial charge in [0.25, 0.3) is 0 Å². The molecule has 0 saturated carbocycles. The fourth-order valence-electron chi connectivity index (χ4n) is 1.46. The van der Waals surface area contributed by atoms with Gasteiger partial charge in [0.15, 0.2) is 0 Å². The molecule has 128 valence electrons. The number of ether oxygens (including phenoxy) is 2. The predicted molar refractivity (Wildman–Crippen MR) is 80.4 cm³/mol. The Morgan fingerprint density at radius 3 is 2.18 bits per heavy atom. The van der Waals surface area contributed by atoms with E-state index >= 15 is 0 Å². The molecule has 0 heterocycles. The van der Waals surface area contributed by atoms with Crippen LogP contribution in [0.2, 0.25) is 0 Å². The second-order valence-corrected chi connectivity index (χ2v) is 6.48. The van der Waals surface area contributed by atoms with Crippen molar-refractivity contribution >= 4 is 18.0 Å². The highest BCUT2D eigenvalue weighted by molar-refractivity contribution is 5.82. The summed E-state index contributed by atoms with van der Waals surface area (Å²) in [4.78, 5) is 34.3. The van der Waals surface area contributed by atoms with Crippen LogP contribution >= 0.6 is 0 Å². The molecule has 0 unspecified atom stereocenters. The lowest BCUT2D eigenvalue weighted by Gasteiger charge is -2.22. The van der Waals surface area contributed by atoms with Crippen LogP contribution in [0.25, 0.3) is 0 Å². The maximum Gasteiger partial charge on any atom is 0.408 e. The highest BCUT2D eigenvalue weighted by Gasteiger charge is 2.26. The lowest BCUT2D eigenvalue weighted by Crippen LogP contribution is -2.44. The Labute approximate surface area is 131 Å². The number of carbonyl (C=O) groups is 3. The van der Waals surface area contributed by atoms with Crippen molar-refractivity contribution < 1.29 is 29.0 Å². The number of carbonyl (C=O) groups excluding carboxylic acids is 2. The molecule has 1 atom stereocenters. The van der Waals surface area contributed by atoms with Crippen molar-refractivity contribution in [1.29, 1.82) is 0 Å². The van der Waals surface area contributed by atoms with Crippen molar-refractivity contribution in [3.05, 3.63) is 0 Å². The summed E-state index contributed by atoms with van der Waals surface area (Å²) in [5.41, 5.74) is -0.705. The van der Waals surface area contributed by atoms with Crippen LogP contribution < -0.4 is 5.32 Å². The molecule has 2 N–H and O–H groups in total. The van der Waals surface area contributed by atoms with Crippen LogP contribution in [0.4, 0.5) is 4.79 Å². The van der Waals surface area contributed by atoms with Crippen LogP contribution in [-0.4, -0.2) is 41.4 Å². The van der Waals surface area contributed by atoms with Gasteiger partial charge in [0.2, 0.25) is 0 Å². The first kappa shape index (κ1) is 20.2. The lowest BCUT2D eigenvalue weighted by molar-refractivity contribution is -0.147. The van der Waals surface area contributed by atoms with E-state index in [1.165, 1.54) is 0 Å². The molecule has 0 saturated heterocycles. The first-order valence-corrected chi connectivity index (χ1v) is 7.39. The van der Waals surface area contributed by atoms with E-state index in [0.717, 1.165) is 0 Å². The van der Waals surface area contributed by atoms with Crippen LogP contribution in [0.3, 0.4) is 0 Å². The van der Waals surface area contributed by atoms with Gasteiger partial charge in [-0.2, -0.15) is 0 Å². The highest BCUT2D eigenvalue weighted by Crippen LogP contribution is 2.09. The van der Waals surface area contributed by atoms with E-state index in [1.807, 2.05) is 13.8 Å². The van der Waals surface area contributed by atoms with Gasteiger partial charge >= 0.3 is 18.0 Å². The van der Waals surface area contributed by atoms with Crippen molar-refractivity contribution in [2.45, 2.75) is 65.5 Å². The van der Waals surface area contributed by atoms with Gasteiger partial charge in [-0.3, -0.25) is 4.79 Å². The normalized spacial score (nSPS) is 12.6. The second kappa shape index (κ2) is 9.27. The molecular weight excluding hydrogens is 290 g/mol. The van der Waals surface area contributed by atoms with Gasteiger partial charge in [0.1, 0.15) is 11.6 Å². The number of rotatable bonds is 8. The molecule has 0 aromatic rings. The molecule has 1 amide bonds. The molecule has 0 aromatic heterocycles. The maximum atomic E-state index is 12.0. The first-order chi connectivity index (χ1) is 10.0. The van der Waals surface area contributed by atoms with Gasteiger partial charge in [-0.25, -0.2) is 9.59 Å². The molecule has 0 rings (SSSR count). The number of esters is 1. The Hall–Kier alpha value is -1.79. The van der Waals surface area contributed by atoms with E-state index in [4.69, 9.17) is 14.6 Å². The molecule has 0 aliphatic carbocycles. The monoisotopic (exact) mass is 317 g/mol. The third-order valence-electron chi connectivity index (χ3n) is 2.56. The molecule has 0 aromatic carbocycles. The predicted octanol–water partition coefficient (Wildman–Crippen LogP) is 2.33. The van der Waals surface area contributed by atoms with Crippen LogP contribution in [0.1, 0.15) is 53.9 Å². The summed E-state index contributed by atoms with van der Waals surface area (Å²) in [5.74, 6) is -1.32. The summed E-state index contributed by atoms with van der Waals surface area (Å²) < 4.78 is 10.1. The third kappa shape index (κ3) is 10.9. The largest absolute Gasteiger partial charge is 0.481 e. The van der Waals surface area contributed by atoms with Gasteiger partial charge in [-0.15, -0.1) is 0 Å². The highest BCUT2D eigenvalue weighted by atomic mass is 16.6. The van der Waals surface area contributed by atoms with Crippen molar-refractivity contribution in [3.63, 3.8) is 0 Å². The van der Waals surface area contributed by atoms with Crippen LogP contribution in [0.15, 0.2) is 0 Å². The Kier molecular flexibility index (Phi) is 8.52. The first-order valence-electron chi connectivity index (χ1n) is 7.39. The van der Waals surface area contributed by atoms with Crippen molar-refractivity contribution in [2.75, 3.05) is 6.61 Å². The average Bonchev–Trinajstić information content (AvgIpc) is 2.31. The molecule has 0 aliphatic heterocycles. The van der Waals surface area contributed by atoms with Crippen molar-refractivity contribution in [2.24, 2.45) is 5.92 Å². The smallest absolute Gasteiger partial charge is 0.408 e. The Morgan fingerprint density at radius 2 is 1.73 bits per heavy atom. The van der Waals surface area contributed by atoms with E-state index in [2.05, 4.69) is 5.32 Å². The number of alkyl carbamates (subject to hydrolysis) is 1. The Balaban J connectivity index is 4.56. The molecule has 0 aliphatic rings. The minimum atomic E-state index is -1.05. The zero-order chi connectivity index (χ0) is 17.3. The SMILES string of the molecule is CC(C)CCOC(=O)[C@@H](CCC(=O)O)NC(=O)OC(C)(C)C. The summed E-state index contributed by atoms with van der Waals surface area (Å²) in [7, 11) is 0. The molecule has 7 nitrogen and oxygen atoms in total. The van der Waals surface area contributed by atoms with E-state index in [1.54, 1.807) is 20.8 Å². The molecule has 0 radical (unpaired) electrons. The number of nitrogens with one attached hydrogen (secondary N) is 1. The van der Waals surface area contributed by atoms with Gasteiger partial charge in [0.05, 0.1) is 6.61 Å². The zero-order valence-electron chi connectivity index (χ0n) is 14.0. The number of carboxylic acid groups (broad SMARTS) is 1. The number of hydrogen-bond donors (Lipinski definition) is 2. The average molecular weight is 317 g/mol. The summed E-state index contributed by atoms with van der Waals surface area (Å²) in [6.45, 7) is 9.30. The number of aliphatic carboxylic acids is 1. The summed E-state index contributed by atoms with van der Waals surface area (Å²) in [5, 5.41) is 11.1. The van der Waals surface area contributed by atoms with E-state index in [0.29, 0.717) is 12.3 Å². The number of amides is 1. The maximum absolute atomic E-state index is 12.0. The quantitative estimate of drug-likeness (QED) is 0.666. The minimum absolute atomic E-state index is 0.0465. The Morgan fingerprint density at radius 1 is 1.14 bits per heavy atom. The van der Waals surface area contributed by atoms with Gasteiger partial charge < -0.3 is 19.9 Å². The van der Waals surface area contributed by atoms with Gasteiger partial charge in [-0.05, 0) is 39.5 Å².